The molecule has 15 heavy (non-hydrogen) atoms. The van der Waals surface area contributed by atoms with E-state index in [1.165, 1.54) is 0 Å². The maximum Gasteiger partial charge on any atom is 0.0929 e. The van der Waals surface area contributed by atoms with E-state index in [-0.39, 0.29) is 0 Å². The van der Waals surface area contributed by atoms with Crippen LogP contribution in [-0.2, 0) is 4.74 Å². The summed E-state index contributed by atoms with van der Waals surface area (Å²) in [5.41, 5.74) is 2.02. The molecule has 3 rings (SSSR count). The van der Waals surface area contributed by atoms with Gasteiger partial charge in [0.1, 0.15) is 0 Å². The Kier molecular flexibility index (Phi) is 2.10. The summed E-state index contributed by atoms with van der Waals surface area (Å²) in [6.07, 6.45) is 1.06. The van der Waals surface area contributed by atoms with Gasteiger partial charge in [0.05, 0.1) is 17.8 Å². The van der Waals surface area contributed by atoms with E-state index in [1.807, 2.05) is 18.2 Å². The van der Waals surface area contributed by atoms with Crippen LogP contribution >= 0.6 is 0 Å². The van der Waals surface area contributed by atoms with E-state index in [1.54, 1.807) is 0 Å². The number of aromatic nitrogens is 2. The minimum atomic E-state index is 0.433. The second-order valence-electron chi connectivity index (χ2n) is 3.89. The van der Waals surface area contributed by atoms with Crippen molar-refractivity contribution in [3.63, 3.8) is 0 Å². The van der Waals surface area contributed by atoms with Gasteiger partial charge in [-0.15, -0.1) is 0 Å². The summed E-state index contributed by atoms with van der Waals surface area (Å²) in [5, 5.41) is 9.64. The van der Waals surface area contributed by atoms with Crippen LogP contribution in [-0.4, -0.2) is 23.4 Å². The maximum atomic E-state index is 5.36. The lowest BCUT2D eigenvalue weighted by Gasteiger charge is -2.06. The number of benzene rings is 1. The van der Waals surface area contributed by atoms with Crippen molar-refractivity contribution in [1.29, 1.82) is 0 Å². The first-order chi connectivity index (χ1) is 7.43. The smallest absolute Gasteiger partial charge is 0.0929 e. The summed E-state index contributed by atoms with van der Waals surface area (Å²) in [6.45, 7) is 1.63. The van der Waals surface area contributed by atoms with Crippen LogP contribution < -0.4 is 0 Å². The van der Waals surface area contributed by atoms with Crippen molar-refractivity contribution >= 4 is 10.9 Å². The van der Waals surface area contributed by atoms with Crippen molar-refractivity contribution in [2.24, 2.45) is 0 Å². The molecule has 2 aromatic rings. The SMILES string of the molecule is c1ccc2nnc(C3CCOC3)cc2c1. The van der Waals surface area contributed by atoms with Crippen molar-refractivity contribution < 1.29 is 4.74 Å². The fourth-order valence-electron chi connectivity index (χ4n) is 1.97. The molecule has 2 heterocycles. The molecule has 1 aromatic heterocycles. The molecule has 3 heteroatoms. The molecule has 3 nitrogen and oxygen atoms in total. The van der Waals surface area contributed by atoms with Gasteiger partial charge in [0.2, 0.25) is 0 Å². The molecule has 1 aliphatic heterocycles. The van der Waals surface area contributed by atoms with Crippen LogP contribution in [0.15, 0.2) is 30.3 Å². The molecule has 1 aromatic carbocycles. The minimum Gasteiger partial charge on any atom is -0.381 e. The number of ether oxygens (including phenoxy) is 1. The van der Waals surface area contributed by atoms with Gasteiger partial charge in [-0.05, 0) is 18.6 Å². The first-order valence-electron chi connectivity index (χ1n) is 5.23. The van der Waals surface area contributed by atoms with Crippen molar-refractivity contribution in [3.05, 3.63) is 36.0 Å². The molecular formula is C12H12N2O. The lowest BCUT2D eigenvalue weighted by molar-refractivity contribution is 0.193. The van der Waals surface area contributed by atoms with Gasteiger partial charge in [0.25, 0.3) is 0 Å². The van der Waals surface area contributed by atoms with Crippen LogP contribution in [0, 0.1) is 0 Å². The van der Waals surface area contributed by atoms with Crippen molar-refractivity contribution in [3.8, 4) is 0 Å². The molecule has 0 radical (unpaired) electrons. The van der Waals surface area contributed by atoms with Crippen molar-refractivity contribution in [1.82, 2.24) is 10.2 Å². The molecule has 0 spiro atoms. The zero-order valence-corrected chi connectivity index (χ0v) is 8.39. The number of hydrogen-bond acceptors (Lipinski definition) is 3. The van der Waals surface area contributed by atoms with Crippen molar-refractivity contribution in [2.75, 3.05) is 13.2 Å². The van der Waals surface area contributed by atoms with Gasteiger partial charge in [-0.3, -0.25) is 0 Å². The van der Waals surface area contributed by atoms with Gasteiger partial charge in [-0.25, -0.2) is 0 Å². The van der Waals surface area contributed by atoms with E-state index < -0.39 is 0 Å². The Morgan fingerprint density at radius 3 is 3.00 bits per heavy atom. The Balaban J connectivity index is 2.05. The number of nitrogens with zero attached hydrogens (tertiary/aromatic N) is 2. The zero-order valence-electron chi connectivity index (χ0n) is 8.39. The molecule has 1 aliphatic rings. The Morgan fingerprint density at radius 1 is 1.20 bits per heavy atom. The molecule has 1 atom stereocenters. The predicted octanol–water partition coefficient (Wildman–Crippen LogP) is 2.13. The molecule has 0 N–H and O–H groups in total. The Bertz CT molecular complexity index is 478. The Morgan fingerprint density at radius 2 is 2.13 bits per heavy atom. The zero-order chi connectivity index (χ0) is 10.1. The average molecular weight is 200 g/mol. The molecule has 1 saturated heterocycles. The lowest BCUT2D eigenvalue weighted by Crippen LogP contribution is -2.02. The van der Waals surface area contributed by atoms with Crippen LogP contribution in [0.3, 0.4) is 0 Å². The molecule has 0 amide bonds. The van der Waals surface area contributed by atoms with Crippen LogP contribution in [0.1, 0.15) is 18.0 Å². The maximum absolute atomic E-state index is 5.36. The number of fused-ring (bicyclic) bond motifs is 1. The summed E-state index contributed by atoms with van der Waals surface area (Å²) in [7, 11) is 0. The molecule has 1 unspecified atom stereocenters. The third-order valence-electron chi connectivity index (χ3n) is 2.86. The van der Waals surface area contributed by atoms with E-state index in [4.69, 9.17) is 4.74 Å². The molecule has 0 bridgehead atoms. The normalized spacial score (nSPS) is 20.9. The number of rotatable bonds is 1. The lowest BCUT2D eigenvalue weighted by atomic mass is 10.0. The number of hydrogen-bond donors (Lipinski definition) is 0. The van der Waals surface area contributed by atoms with Gasteiger partial charge in [0.15, 0.2) is 0 Å². The molecule has 0 aliphatic carbocycles. The van der Waals surface area contributed by atoms with E-state index in [2.05, 4.69) is 22.3 Å². The third kappa shape index (κ3) is 1.59. The van der Waals surface area contributed by atoms with Gasteiger partial charge < -0.3 is 4.74 Å². The van der Waals surface area contributed by atoms with Crippen LogP contribution in [0.2, 0.25) is 0 Å². The molecule has 0 saturated carbocycles. The summed E-state index contributed by atoms with van der Waals surface area (Å²) >= 11 is 0. The first kappa shape index (κ1) is 8.80. The second kappa shape index (κ2) is 3.59. The largest absolute Gasteiger partial charge is 0.381 e. The average Bonchev–Trinajstić information content (AvgIpc) is 2.82. The fourth-order valence-corrected chi connectivity index (χ4v) is 1.97. The monoisotopic (exact) mass is 200 g/mol. The van der Waals surface area contributed by atoms with Gasteiger partial charge in [-0.2, -0.15) is 10.2 Å². The van der Waals surface area contributed by atoms with Crippen LogP contribution in [0.25, 0.3) is 10.9 Å². The highest BCUT2D eigenvalue weighted by Crippen LogP contribution is 2.24. The van der Waals surface area contributed by atoms with Crippen LogP contribution in [0.4, 0.5) is 0 Å². The Labute approximate surface area is 88.1 Å². The standard InChI is InChI=1S/C12H12N2O/c1-2-4-11-9(3-1)7-12(14-13-11)10-5-6-15-8-10/h1-4,7,10H,5-6,8H2. The highest BCUT2D eigenvalue weighted by molar-refractivity contribution is 5.77. The van der Waals surface area contributed by atoms with Crippen molar-refractivity contribution in [2.45, 2.75) is 12.3 Å². The summed E-state index contributed by atoms with van der Waals surface area (Å²) in [4.78, 5) is 0. The first-order valence-corrected chi connectivity index (χ1v) is 5.23. The Hall–Kier alpha value is -1.48. The third-order valence-corrected chi connectivity index (χ3v) is 2.86. The summed E-state index contributed by atoms with van der Waals surface area (Å²) in [5.74, 6) is 0.433. The van der Waals surface area contributed by atoms with E-state index in [0.717, 1.165) is 36.2 Å². The molecule has 76 valence electrons. The molecule has 1 fully saturated rings. The van der Waals surface area contributed by atoms with E-state index >= 15 is 0 Å². The topological polar surface area (TPSA) is 35.0 Å². The van der Waals surface area contributed by atoms with E-state index in [9.17, 15) is 0 Å². The van der Waals surface area contributed by atoms with E-state index in [0.29, 0.717) is 5.92 Å². The van der Waals surface area contributed by atoms with Gasteiger partial charge in [-0.1, -0.05) is 18.2 Å². The second-order valence-corrected chi connectivity index (χ2v) is 3.89. The van der Waals surface area contributed by atoms with Crippen LogP contribution in [0.5, 0.6) is 0 Å². The highest BCUT2D eigenvalue weighted by atomic mass is 16.5. The molecular weight excluding hydrogens is 188 g/mol. The van der Waals surface area contributed by atoms with Gasteiger partial charge >= 0.3 is 0 Å². The van der Waals surface area contributed by atoms with Gasteiger partial charge in [0, 0.05) is 17.9 Å². The highest BCUT2D eigenvalue weighted by Gasteiger charge is 2.19. The summed E-state index contributed by atoms with van der Waals surface area (Å²) < 4.78 is 5.36. The fraction of sp³-hybridized carbons (Fsp3) is 0.333. The quantitative estimate of drug-likeness (QED) is 0.707. The summed E-state index contributed by atoms with van der Waals surface area (Å²) in [6, 6.07) is 10.2. The minimum absolute atomic E-state index is 0.433. The predicted molar refractivity (Wildman–Crippen MR) is 57.7 cm³/mol.